The number of rotatable bonds is 4. The second kappa shape index (κ2) is 4.43. The Bertz CT molecular complexity index is 295. The van der Waals surface area contributed by atoms with Gasteiger partial charge in [-0.2, -0.15) is 5.10 Å². The highest BCUT2D eigenvalue weighted by molar-refractivity contribution is 5.28. The molecule has 0 aliphatic heterocycles. The molecule has 0 bridgehead atoms. The maximum atomic E-state index is 6.04. The fraction of sp³-hybridized carbons (Fsp3) is 0.667. The molecular weight excluding hydrogens is 180 g/mol. The Kier molecular flexibility index (Phi) is 3.49. The molecule has 80 valence electrons. The van der Waals surface area contributed by atoms with Crippen LogP contribution < -0.4 is 10.5 Å². The van der Waals surface area contributed by atoms with Crippen molar-refractivity contribution in [2.75, 3.05) is 27.7 Å². The summed E-state index contributed by atoms with van der Waals surface area (Å²) in [6.07, 6.45) is 1.69. The van der Waals surface area contributed by atoms with Gasteiger partial charge in [-0.15, -0.1) is 0 Å². The third kappa shape index (κ3) is 2.24. The van der Waals surface area contributed by atoms with E-state index in [2.05, 4.69) is 5.10 Å². The second-order valence-electron chi connectivity index (χ2n) is 3.59. The Morgan fingerprint density at radius 2 is 2.29 bits per heavy atom. The van der Waals surface area contributed by atoms with E-state index in [1.807, 2.05) is 26.0 Å². The van der Waals surface area contributed by atoms with Crippen LogP contribution in [0, 0.1) is 0 Å². The average Bonchev–Trinajstić information content (AvgIpc) is 2.45. The van der Waals surface area contributed by atoms with Crippen molar-refractivity contribution in [1.29, 1.82) is 0 Å². The van der Waals surface area contributed by atoms with E-state index in [4.69, 9.17) is 10.5 Å². The first kappa shape index (κ1) is 11.0. The lowest BCUT2D eigenvalue weighted by molar-refractivity contribution is 0.354. The van der Waals surface area contributed by atoms with Crippen LogP contribution in [-0.2, 0) is 7.05 Å². The van der Waals surface area contributed by atoms with Crippen molar-refractivity contribution in [3.05, 3.63) is 11.9 Å². The topological polar surface area (TPSA) is 56.3 Å². The van der Waals surface area contributed by atoms with Gasteiger partial charge in [0.2, 0.25) is 0 Å². The lowest BCUT2D eigenvalue weighted by Gasteiger charge is -2.18. The third-order valence-corrected chi connectivity index (χ3v) is 2.08. The van der Waals surface area contributed by atoms with Gasteiger partial charge in [0.25, 0.3) is 0 Å². The van der Waals surface area contributed by atoms with Crippen LogP contribution in [0.5, 0.6) is 5.75 Å². The minimum Gasteiger partial charge on any atom is -0.493 e. The molecule has 1 atom stereocenters. The normalized spacial score (nSPS) is 13.3. The molecule has 1 aromatic rings. The van der Waals surface area contributed by atoms with E-state index in [9.17, 15) is 0 Å². The van der Waals surface area contributed by atoms with Crippen molar-refractivity contribution in [3.8, 4) is 5.75 Å². The van der Waals surface area contributed by atoms with Crippen LogP contribution in [-0.4, -0.2) is 42.4 Å². The van der Waals surface area contributed by atoms with Crippen LogP contribution in [0.2, 0.25) is 0 Å². The molecule has 0 aliphatic carbocycles. The molecule has 0 fully saturated rings. The maximum absolute atomic E-state index is 6.04. The number of hydrogen-bond acceptors (Lipinski definition) is 4. The standard InChI is InChI=1S/C9H18N4O/c1-12(2)6-7(10)9-8(14-4)5-11-13(9)3/h5,7H,6,10H2,1-4H3. The van der Waals surface area contributed by atoms with Gasteiger partial charge in [0.15, 0.2) is 5.75 Å². The van der Waals surface area contributed by atoms with Gasteiger partial charge in [0.05, 0.1) is 25.0 Å². The minimum atomic E-state index is -0.0764. The van der Waals surface area contributed by atoms with E-state index in [1.54, 1.807) is 18.0 Å². The van der Waals surface area contributed by atoms with Crippen LogP contribution >= 0.6 is 0 Å². The molecule has 14 heavy (non-hydrogen) atoms. The van der Waals surface area contributed by atoms with Crippen molar-refractivity contribution >= 4 is 0 Å². The van der Waals surface area contributed by atoms with Gasteiger partial charge in [-0.1, -0.05) is 0 Å². The summed E-state index contributed by atoms with van der Waals surface area (Å²) in [7, 11) is 7.47. The molecule has 0 amide bonds. The molecule has 0 spiro atoms. The van der Waals surface area contributed by atoms with Crippen LogP contribution in [0.3, 0.4) is 0 Å². The molecule has 0 saturated heterocycles. The average molecular weight is 198 g/mol. The first-order valence-corrected chi connectivity index (χ1v) is 4.52. The van der Waals surface area contributed by atoms with E-state index in [1.165, 1.54) is 0 Å². The summed E-state index contributed by atoms with van der Waals surface area (Å²) in [6.45, 7) is 0.774. The molecular formula is C9H18N4O. The Morgan fingerprint density at radius 1 is 1.64 bits per heavy atom. The highest BCUT2D eigenvalue weighted by Gasteiger charge is 2.17. The Balaban J connectivity index is 2.86. The summed E-state index contributed by atoms with van der Waals surface area (Å²) in [5.41, 5.74) is 6.97. The maximum Gasteiger partial charge on any atom is 0.161 e. The second-order valence-corrected chi connectivity index (χ2v) is 3.59. The molecule has 1 rings (SSSR count). The van der Waals surface area contributed by atoms with Crippen molar-refractivity contribution in [3.63, 3.8) is 0 Å². The molecule has 1 unspecified atom stereocenters. The van der Waals surface area contributed by atoms with Crippen LogP contribution in [0.25, 0.3) is 0 Å². The zero-order valence-electron chi connectivity index (χ0n) is 9.19. The number of nitrogens with zero attached hydrogens (tertiary/aromatic N) is 3. The summed E-state index contributed by atoms with van der Waals surface area (Å²) in [5, 5.41) is 4.11. The van der Waals surface area contributed by atoms with Crippen molar-refractivity contribution < 1.29 is 4.74 Å². The number of ether oxygens (including phenoxy) is 1. The third-order valence-electron chi connectivity index (χ3n) is 2.08. The summed E-state index contributed by atoms with van der Waals surface area (Å²) < 4.78 is 6.94. The highest BCUT2D eigenvalue weighted by atomic mass is 16.5. The van der Waals surface area contributed by atoms with E-state index in [-0.39, 0.29) is 6.04 Å². The minimum absolute atomic E-state index is 0.0764. The zero-order valence-corrected chi connectivity index (χ0v) is 9.19. The molecule has 0 aliphatic rings. The summed E-state index contributed by atoms with van der Waals surface area (Å²) >= 11 is 0. The van der Waals surface area contributed by atoms with Gasteiger partial charge in [-0.05, 0) is 14.1 Å². The number of nitrogens with two attached hydrogens (primary N) is 1. The van der Waals surface area contributed by atoms with Gasteiger partial charge < -0.3 is 15.4 Å². The van der Waals surface area contributed by atoms with Crippen LogP contribution in [0.1, 0.15) is 11.7 Å². The molecule has 0 aromatic carbocycles. The lowest BCUT2D eigenvalue weighted by atomic mass is 10.2. The van der Waals surface area contributed by atoms with Gasteiger partial charge in [0, 0.05) is 13.6 Å². The highest BCUT2D eigenvalue weighted by Crippen LogP contribution is 2.22. The van der Waals surface area contributed by atoms with Crippen molar-refractivity contribution in [1.82, 2.24) is 14.7 Å². The smallest absolute Gasteiger partial charge is 0.161 e. The summed E-state index contributed by atoms with van der Waals surface area (Å²) in [5.74, 6) is 0.752. The Morgan fingerprint density at radius 3 is 2.79 bits per heavy atom. The molecule has 1 aromatic heterocycles. The molecule has 2 N–H and O–H groups in total. The quantitative estimate of drug-likeness (QED) is 0.739. The van der Waals surface area contributed by atoms with Gasteiger partial charge >= 0.3 is 0 Å². The Labute approximate surface area is 84.4 Å². The molecule has 1 heterocycles. The predicted molar refractivity (Wildman–Crippen MR) is 55.2 cm³/mol. The largest absolute Gasteiger partial charge is 0.493 e. The van der Waals surface area contributed by atoms with E-state index in [0.29, 0.717) is 0 Å². The van der Waals surface area contributed by atoms with Crippen molar-refractivity contribution in [2.45, 2.75) is 6.04 Å². The monoisotopic (exact) mass is 198 g/mol. The lowest BCUT2D eigenvalue weighted by Crippen LogP contribution is -2.28. The first-order valence-electron chi connectivity index (χ1n) is 4.52. The summed E-state index contributed by atoms with van der Waals surface area (Å²) in [4.78, 5) is 2.04. The number of likely N-dealkylation sites (N-methyl/N-ethyl adjacent to an activating group) is 1. The molecule has 0 saturated carbocycles. The van der Waals surface area contributed by atoms with Crippen molar-refractivity contribution in [2.24, 2.45) is 12.8 Å². The number of aromatic nitrogens is 2. The fourth-order valence-corrected chi connectivity index (χ4v) is 1.49. The van der Waals surface area contributed by atoms with Crippen LogP contribution in [0.15, 0.2) is 6.20 Å². The summed E-state index contributed by atoms with van der Waals surface area (Å²) in [6, 6.07) is -0.0764. The van der Waals surface area contributed by atoms with Gasteiger partial charge in [-0.3, -0.25) is 4.68 Å². The van der Waals surface area contributed by atoms with E-state index >= 15 is 0 Å². The molecule has 0 radical (unpaired) electrons. The Hall–Kier alpha value is -1.07. The number of aryl methyl sites for hydroxylation is 1. The molecule has 5 nitrogen and oxygen atoms in total. The SMILES string of the molecule is COc1cnn(C)c1C(N)CN(C)C. The van der Waals surface area contributed by atoms with Crippen LogP contribution in [0.4, 0.5) is 0 Å². The number of methoxy groups -OCH3 is 1. The predicted octanol–water partition coefficient (Wildman–Crippen LogP) is -0.00990. The first-order chi connectivity index (χ1) is 6.56. The number of hydrogen-bond donors (Lipinski definition) is 1. The van der Waals surface area contributed by atoms with E-state index in [0.717, 1.165) is 18.0 Å². The van der Waals surface area contributed by atoms with Gasteiger partial charge in [0.1, 0.15) is 0 Å². The molecule has 5 heteroatoms. The van der Waals surface area contributed by atoms with Gasteiger partial charge in [-0.25, -0.2) is 0 Å². The fourth-order valence-electron chi connectivity index (χ4n) is 1.49. The zero-order chi connectivity index (χ0) is 10.7. The van der Waals surface area contributed by atoms with E-state index < -0.39 is 0 Å².